The van der Waals surface area contributed by atoms with Crippen molar-refractivity contribution in [2.75, 3.05) is 26.2 Å². The van der Waals surface area contributed by atoms with Crippen LogP contribution in [0.3, 0.4) is 0 Å². The fourth-order valence-corrected chi connectivity index (χ4v) is 3.79. The molecule has 1 aliphatic heterocycles. The first-order chi connectivity index (χ1) is 12.1. The van der Waals surface area contributed by atoms with Crippen molar-refractivity contribution in [1.82, 2.24) is 14.7 Å². The lowest BCUT2D eigenvalue weighted by molar-refractivity contribution is 0.0308. The molecule has 6 heteroatoms. The molecule has 0 unspecified atom stereocenters. The van der Waals surface area contributed by atoms with E-state index in [0.717, 1.165) is 51.5 Å². The van der Waals surface area contributed by atoms with Crippen molar-refractivity contribution in [1.29, 1.82) is 0 Å². The molecule has 1 fully saturated rings. The first-order valence-electron chi connectivity index (χ1n) is 8.85. The third-order valence-electron chi connectivity index (χ3n) is 5.08. The third kappa shape index (κ3) is 4.64. The number of likely N-dealkylation sites (tertiary alicyclic amines) is 1. The minimum atomic E-state index is -0.566. The highest BCUT2D eigenvalue weighted by Gasteiger charge is 2.35. The molecule has 0 amide bonds. The third-order valence-corrected chi connectivity index (χ3v) is 5.08. The zero-order chi connectivity index (χ0) is 17.7. The molecule has 1 saturated heterocycles. The lowest BCUT2D eigenvalue weighted by Gasteiger charge is -2.42. The van der Waals surface area contributed by atoms with Crippen LogP contribution in [0.25, 0.3) is 0 Å². The van der Waals surface area contributed by atoms with E-state index in [0.29, 0.717) is 12.0 Å². The van der Waals surface area contributed by atoms with E-state index >= 15 is 0 Å². The summed E-state index contributed by atoms with van der Waals surface area (Å²) in [5, 5.41) is 14.2. The van der Waals surface area contributed by atoms with Gasteiger partial charge in [0, 0.05) is 37.0 Å². The van der Waals surface area contributed by atoms with Crippen LogP contribution in [0.1, 0.15) is 24.8 Å². The number of halogens is 2. The molecule has 1 atom stereocenters. The maximum Gasteiger partial charge on any atom is 0.129 e. The Balaban J connectivity index is 1.60. The molecule has 136 valence electrons. The number of aliphatic hydroxyl groups excluding tert-OH is 1. The molecular weight excluding hydrogens is 324 g/mol. The Morgan fingerprint density at radius 2 is 2.12 bits per heavy atom. The van der Waals surface area contributed by atoms with Crippen LogP contribution in [0.15, 0.2) is 36.7 Å². The van der Waals surface area contributed by atoms with Gasteiger partial charge in [-0.25, -0.2) is 8.78 Å². The van der Waals surface area contributed by atoms with Gasteiger partial charge in [-0.3, -0.25) is 4.68 Å². The summed E-state index contributed by atoms with van der Waals surface area (Å²) >= 11 is 0. The van der Waals surface area contributed by atoms with Gasteiger partial charge in [-0.2, -0.15) is 5.10 Å². The maximum atomic E-state index is 14.0. The number of rotatable bonds is 7. The summed E-state index contributed by atoms with van der Waals surface area (Å²) in [5.74, 6) is -1.09. The highest BCUT2D eigenvalue weighted by atomic mass is 19.1. The van der Waals surface area contributed by atoms with E-state index in [2.05, 4.69) is 10.00 Å². The molecule has 2 aromatic rings. The Bertz CT molecular complexity index is 677. The molecule has 0 spiro atoms. The Labute approximate surface area is 147 Å². The fourth-order valence-electron chi connectivity index (χ4n) is 3.79. The molecule has 4 nitrogen and oxygen atoms in total. The van der Waals surface area contributed by atoms with Gasteiger partial charge in [0.05, 0.1) is 6.61 Å². The Hall–Kier alpha value is -1.79. The van der Waals surface area contributed by atoms with Crippen molar-refractivity contribution >= 4 is 0 Å². The fraction of sp³-hybridized carbons (Fsp3) is 0.526. The van der Waals surface area contributed by atoms with Gasteiger partial charge in [-0.05, 0) is 56.5 Å². The number of aliphatic hydroxyl groups is 1. The molecule has 0 saturated carbocycles. The number of aromatic nitrogens is 2. The lowest BCUT2D eigenvalue weighted by atomic mass is 9.75. The minimum Gasteiger partial charge on any atom is -0.396 e. The van der Waals surface area contributed by atoms with E-state index in [1.54, 1.807) is 6.20 Å². The molecule has 1 aromatic heterocycles. The monoisotopic (exact) mass is 349 g/mol. The van der Waals surface area contributed by atoms with Crippen LogP contribution in [0.4, 0.5) is 8.78 Å². The summed E-state index contributed by atoms with van der Waals surface area (Å²) in [6.45, 7) is 3.53. The van der Waals surface area contributed by atoms with Crippen LogP contribution >= 0.6 is 0 Å². The predicted octanol–water partition coefficient (Wildman–Crippen LogP) is 2.87. The second-order valence-electron chi connectivity index (χ2n) is 7.07. The molecule has 25 heavy (non-hydrogen) atoms. The van der Waals surface area contributed by atoms with Crippen molar-refractivity contribution in [2.24, 2.45) is 5.41 Å². The standard InChI is InChI=1S/C19H25F2N3O/c20-17-5-4-16(18(21)12-17)13-19(15-25)6-1-8-23(14-19)9-3-11-24-10-2-7-22-24/h2,4-5,7,10,12,25H,1,3,6,8-9,11,13-15H2/t19-/m1/s1. The van der Waals surface area contributed by atoms with E-state index in [1.165, 1.54) is 12.1 Å². The zero-order valence-corrected chi connectivity index (χ0v) is 14.4. The summed E-state index contributed by atoms with van der Waals surface area (Å²) in [6, 6.07) is 5.62. The van der Waals surface area contributed by atoms with Crippen LogP contribution in [-0.2, 0) is 13.0 Å². The molecule has 3 rings (SSSR count). The quantitative estimate of drug-likeness (QED) is 0.836. The minimum absolute atomic E-state index is 0.0134. The number of piperidine rings is 1. The second kappa shape index (κ2) is 8.06. The molecule has 1 aromatic carbocycles. The van der Waals surface area contributed by atoms with Crippen molar-refractivity contribution in [3.8, 4) is 0 Å². The van der Waals surface area contributed by atoms with Crippen LogP contribution in [0, 0.1) is 17.0 Å². The highest BCUT2D eigenvalue weighted by Crippen LogP contribution is 2.34. The van der Waals surface area contributed by atoms with Gasteiger partial charge >= 0.3 is 0 Å². The Morgan fingerprint density at radius 1 is 1.24 bits per heavy atom. The van der Waals surface area contributed by atoms with Crippen LogP contribution in [0.5, 0.6) is 0 Å². The normalized spacial score (nSPS) is 21.6. The predicted molar refractivity (Wildman–Crippen MR) is 92.1 cm³/mol. The number of benzene rings is 1. The number of hydrogen-bond donors (Lipinski definition) is 1. The molecule has 0 radical (unpaired) electrons. The molecule has 0 bridgehead atoms. The van der Waals surface area contributed by atoms with E-state index < -0.39 is 11.6 Å². The molecule has 1 aliphatic rings. The largest absolute Gasteiger partial charge is 0.396 e. The molecule has 2 heterocycles. The summed E-state index contributed by atoms with van der Waals surface area (Å²) in [6.07, 6.45) is 6.97. The van der Waals surface area contributed by atoms with E-state index in [4.69, 9.17) is 0 Å². The van der Waals surface area contributed by atoms with Gasteiger partial charge in [-0.15, -0.1) is 0 Å². The molecular formula is C19H25F2N3O. The van der Waals surface area contributed by atoms with Crippen LogP contribution < -0.4 is 0 Å². The summed E-state index contributed by atoms with van der Waals surface area (Å²) in [4.78, 5) is 2.34. The first-order valence-corrected chi connectivity index (χ1v) is 8.85. The number of hydrogen-bond acceptors (Lipinski definition) is 3. The summed E-state index contributed by atoms with van der Waals surface area (Å²) in [7, 11) is 0. The van der Waals surface area contributed by atoms with Gasteiger partial charge in [-0.1, -0.05) is 6.07 Å². The average Bonchev–Trinajstić information content (AvgIpc) is 3.11. The summed E-state index contributed by atoms with van der Waals surface area (Å²) in [5.41, 5.74) is 0.122. The van der Waals surface area contributed by atoms with Crippen molar-refractivity contribution < 1.29 is 13.9 Å². The van der Waals surface area contributed by atoms with Crippen LogP contribution in [0.2, 0.25) is 0 Å². The van der Waals surface area contributed by atoms with Gasteiger partial charge in [0.25, 0.3) is 0 Å². The number of nitrogens with zero attached hydrogens (tertiary/aromatic N) is 3. The molecule has 1 N–H and O–H groups in total. The van der Waals surface area contributed by atoms with E-state index in [9.17, 15) is 13.9 Å². The lowest BCUT2D eigenvalue weighted by Crippen LogP contribution is -2.47. The highest BCUT2D eigenvalue weighted by molar-refractivity contribution is 5.20. The van der Waals surface area contributed by atoms with Gasteiger partial charge < -0.3 is 10.0 Å². The Morgan fingerprint density at radius 3 is 2.84 bits per heavy atom. The van der Waals surface area contributed by atoms with E-state index in [1.807, 2.05) is 16.9 Å². The first kappa shape index (κ1) is 18.0. The van der Waals surface area contributed by atoms with Crippen molar-refractivity contribution in [2.45, 2.75) is 32.2 Å². The topological polar surface area (TPSA) is 41.3 Å². The van der Waals surface area contributed by atoms with Crippen molar-refractivity contribution in [3.05, 3.63) is 53.9 Å². The SMILES string of the molecule is OC[C@@]1(Cc2ccc(F)cc2F)CCCN(CCCn2cccn2)C1. The second-order valence-corrected chi connectivity index (χ2v) is 7.07. The van der Waals surface area contributed by atoms with Crippen molar-refractivity contribution in [3.63, 3.8) is 0 Å². The average molecular weight is 349 g/mol. The van der Waals surface area contributed by atoms with E-state index in [-0.39, 0.29) is 12.0 Å². The number of aryl methyl sites for hydroxylation is 1. The summed E-state index contributed by atoms with van der Waals surface area (Å²) < 4.78 is 29.1. The van der Waals surface area contributed by atoms with Crippen LogP contribution in [-0.4, -0.2) is 46.0 Å². The molecule has 0 aliphatic carbocycles. The Kier molecular flexibility index (Phi) is 5.81. The van der Waals surface area contributed by atoms with Gasteiger partial charge in [0.2, 0.25) is 0 Å². The van der Waals surface area contributed by atoms with Gasteiger partial charge in [0.1, 0.15) is 11.6 Å². The van der Waals surface area contributed by atoms with Gasteiger partial charge in [0.15, 0.2) is 0 Å². The maximum absolute atomic E-state index is 14.0. The smallest absolute Gasteiger partial charge is 0.129 e. The zero-order valence-electron chi connectivity index (χ0n) is 14.4.